The van der Waals surface area contributed by atoms with Crippen molar-refractivity contribution < 1.29 is 5.11 Å². The van der Waals surface area contributed by atoms with Crippen LogP contribution >= 0.6 is 11.8 Å². The third-order valence-corrected chi connectivity index (χ3v) is 5.55. The van der Waals surface area contributed by atoms with Crippen molar-refractivity contribution in [2.45, 2.75) is 45.1 Å². The quantitative estimate of drug-likeness (QED) is 0.890. The van der Waals surface area contributed by atoms with Crippen molar-refractivity contribution in [3.05, 3.63) is 35.9 Å². The molecule has 0 aromatic heterocycles. The molecule has 1 nitrogen and oxygen atoms in total. The first kappa shape index (κ1) is 14.0. The molecular formula is C16H24OS. The van der Waals surface area contributed by atoms with E-state index >= 15 is 0 Å². The second-order valence-corrected chi connectivity index (χ2v) is 7.16. The van der Waals surface area contributed by atoms with Crippen molar-refractivity contribution in [1.82, 2.24) is 0 Å². The van der Waals surface area contributed by atoms with Crippen molar-refractivity contribution in [2.24, 2.45) is 5.41 Å². The minimum Gasteiger partial charge on any atom is -0.388 e. The highest BCUT2D eigenvalue weighted by molar-refractivity contribution is 7.99. The molecule has 1 fully saturated rings. The minimum absolute atomic E-state index is 0.0644. The van der Waals surface area contributed by atoms with Gasteiger partial charge in [0.1, 0.15) is 0 Å². The van der Waals surface area contributed by atoms with Crippen molar-refractivity contribution in [3.63, 3.8) is 0 Å². The summed E-state index contributed by atoms with van der Waals surface area (Å²) in [7, 11) is 0. The SMILES string of the molecule is CC1(C)CCSCC1(O)CCCc1ccccc1. The number of rotatable bonds is 4. The van der Waals surface area contributed by atoms with E-state index in [1.165, 1.54) is 11.3 Å². The Bertz CT molecular complexity index is 374. The molecule has 2 heteroatoms. The number of hydrogen-bond donors (Lipinski definition) is 1. The maximum atomic E-state index is 10.9. The van der Waals surface area contributed by atoms with Crippen LogP contribution in [0.15, 0.2) is 30.3 Å². The molecule has 100 valence electrons. The van der Waals surface area contributed by atoms with Crippen molar-refractivity contribution in [2.75, 3.05) is 11.5 Å². The van der Waals surface area contributed by atoms with Crippen molar-refractivity contribution >= 4 is 11.8 Å². The molecule has 1 aromatic rings. The van der Waals surface area contributed by atoms with Gasteiger partial charge in [-0.2, -0.15) is 11.8 Å². The lowest BCUT2D eigenvalue weighted by Crippen LogP contribution is -2.49. The van der Waals surface area contributed by atoms with Gasteiger partial charge in [-0.15, -0.1) is 0 Å². The van der Waals surface area contributed by atoms with Crippen LogP contribution in [0, 0.1) is 5.41 Å². The van der Waals surface area contributed by atoms with Gasteiger partial charge in [-0.25, -0.2) is 0 Å². The van der Waals surface area contributed by atoms with E-state index in [9.17, 15) is 5.11 Å². The highest BCUT2D eigenvalue weighted by Gasteiger charge is 2.44. The normalized spacial score (nSPS) is 27.1. The van der Waals surface area contributed by atoms with E-state index in [2.05, 4.69) is 44.2 Å². The average Bonchev–Trinajstić information content (AvgIpc) is 2.35. The molecule has 0 aliphatic carbocycles. The lowest BCUT2D eigenvalue weighted by molar-refractivity contribution is -0.0594. The first-order valence-corrected chi connectivity index (χ1v) is 8.03. The molecule has 0 saturated carbocycles. The molecule has 1 aliphatic heterocycles. The topological polar surface area (TPSA) is 20.2 Å². The standard InChI is InChI=1S/C16H24OS/c1-15(2)11-12-18-13-16(15,17)10-6-9-14-7-4-3-5-8-14/h3-5,7-8,17H,6,9-13H2,1-2H3. The Balaban J connectivity index is 1.89. The summed E-state index contributed by atoms with van der Waals surface area (Å²) in [5.74, 6) is 2.09. The van der Waals surface area contributed by atoms with Gasteiger partial charge < -0.3 is 5.11 Å². The fourth-order valence-corrected chi connectivity index (χ4v) is 4.31. The lowest BCUT2D eigenvalue weighted by Gasteiger charge is -2.46. The molecule has 0 spiro atoms. The fraction of sp³-hybridized carbons (Fsp3) is 0.625. The summed E-state index contributed by atoms with van der Waals surface area (Å²) in [4.78, 5) is 0. The Labute approximate surface area is 115 Å². The Morgan fingerprint density at radius 2 is 1.94 bits per heavy atom. The van der Waals surface area contributed by atoms with Crippen LogP contribution in [0.5, 0.6) is 0 Å². The molecule has 1 saturated heterocycles. The molecule has 1 unspecified atom stereocenters. The van der Waals surface area contributed by atoms with Crippen LogP contribution in [0.1, 0.15) is 38.7 Å². The molecule has 1 aliphatic rings. The Kier molecular flexibility index (Phi) is 4.39. The van der Waals surface area contributed by atoms with Crippen LogP contribution in [0.3, 0.4) is 0 Å². The minimum atomic E-state index is -0.481. The molecule has 0 amide bonds. The monoisotopic (exact) mass is 264 g/mol. The molecule has 1 heterocycles. The van der Waals surface area contributed by atoms with E-state index in [0.29, 0.717) is 0 Å². The van der Waals surface area contributed by atoms with Crippen LogP contribution in [-0.2, 0) is 6.42 Å². The van der Waals surface area contributed by atoms with Gasteiger partial charge in [-0.05, 0) is 42.4 Å². The van der Waals surface area contributed by atoms with Gasteiger partial charge in [0.2, 0.25) is 0 Å². The zero-order valence-electron chi connectivity index (χ0n) is 11.5. The van der Waals surface area contributed by atoms with E-state index in [-0.39, 0.29) is 5.41 Å². The molecule has 0 radical (unpaired) electrons. The maximum Gasteiger partial charge on any atom is 0.0788 e. The molecule has 0 bridgehead atoms. The van der Waals surface area contributed by atoms with Gasteiger partial charge in [0.05, 0.1) is 5.60 Å². The summed E-state index contributed by atoms with van der Waals surface area (Å²) in [6, 6.07) is 10.6. The maximum absolute atomic E-state index is 10.9. The van der Waals surface area contributed by atoms with Crippen molar-refractivity contribution in [3.8, 4) is 0 Å². The molecule has 18 heavy (non-hydrogen) atoms. The largest absolute Gasteiger partial charge is 0.388 e. The van der Waals surface area contributed by atoms with Gasteiger partial charge in [0.15, 0.2) is 0 Å². The molecule has 1 atom stereocenters. The fourth-order valence-electron chi connectivity index (χ4n) is 2.64. The Morgan fingerprint density at radius 3 is 2.61 bits per heavy atom. The van der Waals surface area contributed by atoms with E-state index < -0.39 is 5.60 Å². The van der Waals surface area contributed by atoms with E-state index in [0.717, 1.165) is 31.4 Å². The van der Waals surface area contributed by atoms with Crippen LogP contribution < -0.4 is 0 Å². The summed E-state index contributed by atoms with van der Waals surface area (Å²) in [5, 5.41) is 10.9. The summed E-state index contributed by atoms with van der Waals surface area (Å²) < 4.78 is 0. The Hall–Kier alpha value is -0.470. The summed E-state index contributed by atoms with van der Waals surface area (Å²) in [5.41, 5.74) is 0.960. The Morgan fingerprint density at radius 1 is 1.22 bits per heavy atom. The van der Waals surface area contributed by atoms with Gasteiger partial charge in [0.25, 0.3) is 0 Å². The second kappa shape index (κ2) is 5.66. The molecule has 1 N–H and O–H groups in total. The van der Waals surface area contributed by atoms with E-state index in [1.807, 2.05) is 11.8 Å². The summed E-state index contributed by atoms with van der Waals surface area (Å²) in [6.45, 7) is 4.43. The second-order valence-electron chi connectivity index (χ2n) is 6.06. The summed E-state index contributed by atoms with van der Waals surface area (Å²) >= 11 is 1.90. The van der Waals surface area contributed by atoms with E-state index in [1.54, 1.807) is 0 Å². The predicted molar refractivity (Wildman–Crippen MR) is 80.1 cm³/mol. The van der Waals surface area contributed by atoms with Crippen molar-refractivity contribution in [1.29, 1.82) is 0 Å². The van der Waals surface area contributed by atoms with Gasteiger partial charge in [0, 0.05) is 5.75 Å². The predicted octanol–water partition coefficient (Wildman–Crippen LogP) is 3.90. The number of aliphatic hydroxyl groups is 1. The van der Waals surface area contributed by atoms with Crippen LogP contribution in [0.4, 0.5) is 0 Å². The molecule has 2 rings (SSSR count). The van der Waals surface area contributed by atoms with Gasteiger partial charge in [-0.3, -0.25) is 0 Å². The average molecular weight is 264 g/mol. The number of thioether (sulfide) groups is 1. The third-order valence-electron chi connectivity index (χ3n) is 4.37. The number of benzene rings is 1. The summed E-state index contributed by atoms with van der Waals surface area (Å²) in [6.07, 6.45) is 4.19. The molecular weight excluding hydrogens is 240 g/mol. The number of aryl methyl sites for hydroxylation is 1. The first-order chi connectivity index (χ1) is 8.54. The highest BCUT2D eigenvalue weighted by Crippen LogP contribution is 2.44. The van der Waals surface area contributed by atoms with E-state index in [4.69, 9.17) is 0 Å². The molecule has 1 aromatic carbocycles. The smallest absolute Gasteiger partial charge is 0.0788 e. The zero-order chi connectivity index (χ0) is 13.1. The zero-order valence-corrected chi connectivity index (χ0v) is 12.3. The third kappa shape index (κ3) is 3.10. The van der Waals surface area contributed by atoms with Crippen LogP contribution in [-0.4, -0.2) is 22.2 Å². The number of hydrogen-bond acceptors (Lipinski definition) is 2. The van der Waals surface area contributed by atoms with Gasteiger partial charge >= 0.3 is 0 Å². The first-order valence-electron chi connectivity index (χ1n) is 6.88. The van der Waals surface area contributed by atoms with Crippen LogP contribution in [0.2, 0.25) is 0 Å². The van der Waals surface area contributed by atoms with Crippen LogP contribution in [0.25, 0.3) is 0 Å². The van der Waals surface area contributed by atoms with Gasteiger partial charge in [-0.1, -0.05) is 44.2 Å². The lowest BCUT2D eigenvalue weighted by atomic mass is 9.71. The highest BCUT2D eigenvalue weighted by atomic mass is 32.2.